The van der Waals surface area contributed by atoms with Gasteiger partial charge in [0.25, 0.3) is 5.13 Å². The number of aromatic nitrogens is 2. The molecule has 0 bridgehead atoms. The Labute approximate surface area is 217 Å². The van der Waals surface area contributed by atoms with E-state index in [0.29, 0.717) is 18.7 Å². The predicted molar refractivity (Wildman–Crippen MR) is 134 cm³/mol. The van der Waals surface area contributed by atoms with Crippen molar-refractivity contribution in [2.45, 2.75) is 71.5 Å². The number of carbonyl (C=O) groups excluding carboxylic acids is 1. The van der Waals surface area contributed by atoms with Crippen LogP contribution < -0.4 is 9.62 Å². The van der Waals surface area contributed by atoms with E-state index in [9.17, 15) is 26.4 Å². The zero-order valence-corrected chi connectivity index (χ0v) is 22.9. The maximum atomic E-state index is 13.2. The maximum Gasteiger partial charge on any atom is 0.516 e. The van der Waals surface area contributed by atoms with Gasteiger partial charge < -0.3 is 9.64 Å². The Morgan fingerprint density at radius 3 is 2.51 bits per heavy atom. The standard InChI is InChI=1S/C22H29F3N6O4S2/c1-12(2)11-31-13(3)7-8-14-9-15(16(10-17(14)31)30-37(33,34)22(23,24)25)26-28-20-29-27-18(36-20)19(32)35-21(4,5)6/h9-10,12-13,30H,7-8,11H2,1-6H3. The summed E-state index contributed by atoms with van der Waals surface area (Å²) in [6.07, 6.45) is 1.43. The number of hydrogen-bond acceptors (Lipinski definition) is 10. The normalized spacial score (nSPS) is 16.8. The summed E-state index contributed by atoms with van der Waals surface area (Å²) in [6, 6.07) is 2.99. The molecule has 204 valence electrons. The predicted octanol–water partition coefficient (Wildman–Crippen LogP) is 5.97. The fraction of sp³-hybridized carbons (Fsp3) is 0.591. The highest BCUT2D eigenvalue weighted by Gasteiger charge is 2.46. The monoisotopic (exact) mass is 562 g/mol. The van der Waals surface area contributed by atoms with Crippen LogP contribution in [0.25, 0.3) is 0 Å². The van der Waals surface area contributed by atoms with Crippen LogP contribution in [0.1, 0.15) is 63.3 Å². The van der Waals surface area contributed by atoms with Crippen LogP contribution in [0.3, 0.4) is 0 Å². The number of fused-ring (bicyclic) bond motifs is 1. The molecular formula is C22H29F3N6O4S2. The first-order valence-corrected chi connectivity index (χ1v) is 13.8. The number of rotatable bonds is 7. The Morgan fingerprint density at radius 1 is 1.24 bits per heavy atom. The van der Waals surface area contributed by atoms with Crippen molar-refractivity contribution >= 4 is 49.5 Å². The van der Waals surface area contributed by atoms with E-state index in [0.717, 1.165) is 23.3 Å². The molecule has 0 fully saturated rings. The number of benzene rings is 1. The molecule has 2 heterocycles. The quantitative estimate of drug-likeness (QED) is 0.326. The van der Waals surface area contributed by atoms with Crippen molar-refractivity contribution in [3.63, 3.8) is 0 Å². The number of alkyl halides is 3. The summed E-state index contributed by atoms with van der Waals surface area (Å²) in [6.45, 7) is 11.8. The molecule has 10 nitrogen and oxygen atoms in total. The molecule has 1 aromatic carbocycles. The number of azo groups is 1. The Morgan fingerprint density at radius 2 is 1.92 bits per heavy atom. The average molecular weight is 563 g/mol. The van der Waals surface area contributed by atoms with E-state index < -0.39 is 27.1 Å². The maximum absolute atomic E-state index is 13.2. The molecule has 2 aromatic rings. The van der Waals surface area contributed by atoms with E-state index in [4.69, 9.17) is 4.74 Å². The van der Waals surface area contributed by atoms with Gasteiger partial charge in [0.2, 0.25) is 5.01 Å². The number of nitrogens with one attached hydrogen (secondary N) is 1. The van der Waals surface area contributed by atoms with Gasteiger partial charge in [0.15, 0.2) is 0 Å². The molecule has 0 saturated heterocycles. The van der Waals surface area contributed by atoms with Gasteiger partial charge in [0.05, 0.1) is 5.69 Å². The van der Waals surface area contributed by atoms with Crippen molar-refractivity contribution in [2.75, 3.05) is 16.2 Å². The molecule has 3 rings (SSSR count). The molecule has 0 radical (unpaired) electrons. The van der Waals surface area contributed by atoms with Crippen molar-refractivity contribution < 1.29 is 31.1 Å². The first-order chi connectivity index (χ1) is 17.0. The third-order valence-electron chi connectivity index (χ3n) is 5.21. The Hall–Kier alpha value is -2.81. The second-order valence-electron chi connectivity index (χ2n) is 10.1. The van der Waals surface area contributed by atoms with Crippen LogP contribution in [-0.2, 0) is 21.2 Å². The number of ether oxygens (including phenoxy) is 1. The van der Waals surface area contributed by atoms with Crippen molar-refractivity contribution in [3.8, 4) is 0 Å². The van der Waals surface area contributed by atoms with Gasteiger partial charge in [-0.15, -0.1) is 20.4 Å². The number of halogens is 3. The van der Waals surface area contributed by atoms with Gasteiger partial charge in [0.1, 0.15) is 11.3 Å². The average Bonchev–Trinajstić information content (AvgIpc) is 3.21. The van der Waals surface area contributed by atoms with Gasteiger partial charge in [0, 0.05) is 18.3 Å². The molecule has 0 aliphatic carbocycles. The van der Waals surface area contributed by atoms with Gasteiger partial charge in [-0.2, -0.15) is 21.6 Å². The minimum Gasteiger partial charge on any atom is -0.455 e. The molecule has 0 saturated carbocycles. The molecule has 1 unspecified atom stereocenters. The van der Waals surface area contributed by atoms with E-state index in [-0.39, 0.29) is 33.5 Å². The summed E-state index contributed by atoms with van der Waals surface area (Å²) in [5, 5.41) is 15.2. The van der Waals surface area contributed by atoms with Crippen LogP contribution in [0.2, 0.25) is 0 Å². The number of hydrogen-bond donors (Lipinski definition) is 1. The van der Waals surface area contributed by atoms with Crippen molar-refractivity contribution in [2.24, 2.45) is 16.1 Å². The van der Waals surface area contributed by atoms with E-state index in [2.05, 4.69) is 20.4 Å². The highest BCUT2D eigenvalue weighted by molar-refractivity contribution is 7.93. The molecule has 0 spiro atoms. The van der Waals surface area contributed by atoms with E-state index >= 15 is 0 Å². The molecule has 1 aromatic heterocycles. The third kappa shape index (κ3) is 7.15. The number of aryl methyl sites for hydroxylation is 1. The first kappa shape index (κ1) is 28.8. The topological polar surface area (TPSA) is 126 Å². The molecule has 1 aliphatic heterocycles. The highest BCUT2D eigenvalue weighted by Crippen LogP contribution is 2.41. The lowest BCUT2D eigenvalue weighted by Gasteiger charge is -2.38. The lowest BCUT2D eigenvalue weighted by Crippen LogP contribution is -2.39. The molecule has 0 amide bonds. The number of carbonyl (C=O) groups is 1. The summed E-state index contributed by atoms with van der Waals surface area (Å²) >= 11 is 0.776. The smallest absolute Gasteiger partial charge is 0.455 e. The number of nitrogens with zero attached hydrogens (tertiary/aromatic N) is 5. The molecule has 1 N–H and O–H groups in total. The minimum atomic E-state index is -5.72. The fourth-order valence-corrected chi connectivity index (χ4v) is 4.75. The molecule has 37 heavy (non-hydrogen) atoms. The van der Waals surface area contributed by atoms with Crippen LogP contribution in [0.4, 0.5) is 35.4 Å². The van der Waals surface area contributed by atoms with Gasteiger partial charge >= 0.3 is 21.5 Å². The van der Waals surface area contributed by atoms with E-state index in [1.54, 1.807) is 25.5 Å². The largest absolute Gasteiger partial charge is 0.516 e. The van der Waals surface area contributed by atoms with Gasteiger partial charge in [-0.25, -0.2) is 4.79 Å². The van der Waals surface area contributed by atoms with Crippen LogP contribution in [0, 0.1) is 5.92 Å². The summed E-state index contributed by atoms with van der Waals surface area (Å²) < 4.78 is 70.2. The Kier molecular flexibility index (Phi) is 8.17. The van der Waals surface area contributed by atoms with Crippen LogP contribution in [-0.4, -0.2) is 48.3 Å². The van der Waals surface area contributed by atoms with Crippen LogP contribution in [0.15, 0.2) is 22.4 Å². The Bertz CT molecular complexity index is 1290. The summed E-state index contributed by atoms with van der Waals surface area (Å²) in [5.74, 6) is -0.446. The van der Waals surface area contributed by atoms with E-state index in [1.807, 2.05) is 25.7 Å². The Balaban J connectivity index is 2.02. The number of anilines is 2. The summed E-state index contributed by atoms with van der Waals surface area (Å²) in [4.78, 5) is 14.2. The third-order valence-corrected chi connectivity index (χ3v) is 7.10. The number of sulfonamides is 1. The van der Waals surface area contributed by atoms with Crippen molar-refractivity contribution in [3.05, 3.63) is 22.7 Å². The number of esters is 1. The SMILES string of the molecule is CC(C)CN1c2cc(NS(=O)(=O)C(F)(F)F)c(N=Nc3nnc(C(=O)OC(C)(C)C)s3)cc2CCC1C. The first-order valence-electron chi connectivity index (χ1n) is 11.5. The van der Waals surface area contributed by atoms with Gasteiger partial charge in [-0.3, -0.25) is 4.72 Å². The van der Waals surface area contributed by atoms with Gasteiger partial charge in [-0.1, -0.05) is 25.2 Å². The molecular weight excluding hydrogens is 533 g/mol. The lowest BCUT2D eigenvalue weighted by atomic mass is 9.94. The van der Waals surface area contributed by atoms with Gasteiger partial charge in [-0.05, 0) is 64.2 Å². The van der Waals surface area contributed by atoms with Crippen LogP contribution in [0.5, 0.6) is 0 Å². The second-order valence-corrected chi connectivity index (χ2v) is 12.7. The van der Waals surface area contributed by atoms with Crippen LogP contribution >= 0.6 is 11.3 Å². The zero-order chi connectivity index (χ0) is 27.8. The highest BCUT2D eigenvalue weighted by atomic mass is 32.2. The molecule has 1 aliphatic rings. The van der Waals surface area contributed by atoms with E-state index in [1.165, 1.54) is 12.1 Å². The summed E-state index contributed by atoms with van der Waals surface area (Å²) in [7, 11) is -5.72. The minimum absolute atomic E-state index is 0.0572. The van der Waals surface area contributed by atoms with Crippen molar-refractivity contribution in [1.82, 2.24) is 10.2 Å². The summed E-state index contributed by atoms with van der Waals surface area (Å²) in [5.41, 5.74) is -5.34. The lowest BCUT2D eigenvalue weighted by molar-refractivity contribution is -0.0429. The zero-order valence-electron chi connectivity index (χ0n) is 21.3. The molecule has 15 heteroatoms. The second kappa shape index (κ2) is 10.5. The molecule has 1 atom stereocenters. The fourth-order valence-electron chi connectivity index (χ4n) is 3.64. The van der Waals surface area contributed by atoms with Crippen molar-refractivity contribution in [1.29, 1.82) is 0 Å².